The van der Waals surface area contributed by atoms with E-state index in [0.29, 0.717) is 45.3 Å². The van der Waals surface area contributed by atoms with E-state index in [2.05, 4.69) is 4.98 Å². The molecule has 23 heavy (non-hydrogen) atoms. The highest BCUT2D eigenvalue weighted by molar-refractivity contribution is 7.86. The molecular formula is C15H22N4O3S. The van der Waals surface area contributed by atoms with Crippen LogP contribution in [0.5, 0.6) is 0 Å². The van der Waals surface area contributed by atoms with Gasteiger partial charge in [0.25, 0.3) is 16.2 Å². The van der Waals surface area contributed by atoms with Gasteiger partial charge in [0.05, 0.1) is 0 Å². The zero-order valence-electron chi connectivity index (χ0n) is 13.5. The second-order valence-corrected chi connectivity index (χ2v) is 7.37. The van der Waals surface area contributed by atoms with Crippen LogP contribution in [0.3, 0.4) is 0 Å². The van der Waals surface area contributed by atoms with Crippen LogP contribution in [0.1, 0.15) is 13.8 Å². The molecule has 0 spiro atoms. The average molecular weight is 338 g/mol. The Morgan fingerprint density at radius 3 is 2.39 bits per heavy atom. The first-order valence-electron chi connectivity index (χ1n) is 7.92. The van der Waals surface area contributed by atoms with Gasteiger partial charge in [-0.2, -0.15) is 22.0 Å². The Labute approximate surface area is 136 Å². The van der Waals surface area contributed by atoms with E-state index in [1.54, 1.807) is 4.31 Å². The van der Waals surface area contributed by atoms with Gasteiger partial charge < -0.3 is 9.32 Å². The van der Waals surface area contributed by atoms with Gasteiger partial charge in [0.2, 0.25) is 0 Å². The van der Waals surface area contributed by atoms with Crippen molar-refractivity contribution >= 4 is 27.3 Å². The zero-order chi connectivity index (χ0) is 16.4. The molecule has 0 aliphatic carbocycles. The molecule has 1 aliphatic heterocycles. The molecule has 1 aromatic heterocycles. The Balaban J connectivity index is 1.71. The van der Waals surface area contributed by atoms with Crippen LogP contribution in [0.4, 0.5) is 6.01 Å². The first-order chi connectivity index (χ1) is 11.1. The number of aromatic nitrogens is 1. The largest absolute Gasteiger partial charge is 0.423 e. The van der Waals surface area contributed by atoms with Gasteiger partial charge in [0.1, 0.15) is 5.52 Å². The standard InChI is InChI=1S/C15H22N4O3S/c1-3-18(4-2)23(20,21)19-11-9-17(10-12-19)15-16-13-7-5-6-8-14(13)22-15/h5-8H,3-4,9-12H2,1-2H3. The number of benzene rings is 1. The molecule has 1 aromatic carbocycles. The quantitative estimate of drug-likeness (QED) is 0.827. The summed E-state index contributed by atoms with van der Waals surface area (Å²) in [5, 5.41) is 0. The lowest BCUT2D eigenvalue weighted by atomic mass is 10.3. The van der Waals surface area contributed by atoms with E-state index in [1.165, 1.54) is 4.31 Å². The van der Waals surface area contributed by atoms with Crippen molar-refractivity contribution in [2.45, 2.75) is 13.8 Å². The predicted octanol–water partition coefficient (Wildman–Crippen LogP) is 1.54. The van der Waals surface area contributed by atoms with Crippen LogP contribution >= 0.6 is 0 Å². The monoisotopic (exact) mass is 338 g/mol. The molecule has 0 radical (unpaired) electrons. The fraction of sp³-hybridized carbons (Fsp3) is 0.533. The normalized spacial score (nSPS) is 17.3. The lowest BCUT2D eigenvalue weighted by molar-refractivity contribution is 0.329. The minimum Gasteiger partial charge on any atom is -0.423 e. The Morgan fingerprint density at radius 1 is 1.13 bits per heavy atom. The second-order valence-electron chi connectivity index (χ2n) is 5.44. The summed E-state index contributed by atoms with van der Waals surface area (Å²) in [6, 6.07) is 8.18. The third-order valence-corrected chi connectivity index (χ3v) is 6.34. The molecule has 2 aromatic rings. The molecule has 1 fully saturated rings. The van der Waals surface area contributed by atoms with E-state index in [9.17, 15) is 8.42 Å². The predicted molar refractivity (Wildman–Crippen MR) is 89.6 cm³/mol. The van der Waals surface area contributed by atoms with Crippen molar-refractivity contribution in [3.8, 4) is 0 Å². The molecule has 0 amide bonds. The summed E-state index contributed by atoms with van der Waals surface area (Å²) < 4.78 is 33.8. The number of hydrogen-bond acceptors (Lipinski definition) is 5. The summed E-state index contributed by atoms with van der Waals surface area (Å²) in [4.78, 5) is 6.47. The number of hydrogen-bond donors (Lipinski definition) is 0. The third-order valence-electron chi connectivity index (χ3n) is 4.15. The van der Waals surface area contributed by atoms with Crippen molar-refractivity contribution in [3.63, 3.8) is 0 Å². The molecule has 8 heteroatoms. The van der Waals surface area contributed by atoms with Gasteiger partial charge in [-0.15, -0.1) is 0 Å². The van der Waals surface area contributed by atoms with E-state index < -0.39 is 10.2 Å². The van der Waals surface area contributed by atoms with Crippen molar-refractivity contribution in [2.75, 3.05) is 44.2 Å². The lowest BCUT2D eigenvalue weighted by Crippen LogP contribution is -2.53. The number of fused-ring (bicyclic) bond motifs is 1. The lowest BCUT2D eigenvalue weighted by Gasteiger charge is -2.35. The van der Waals surface area contributed by atoms with Crippen LogP contribution in [-0.4, -0.2) is 61.3 Å². The van der Waals surface area contributed by atoms with Gasteiger partial charge in [-0.25, -0.2) is 0 Å². The van der Waals surface area contributed by atoms with Crippen molar-refractivity contribution in [3.05, 3.63) is 24.3 Å². The minimum absolute atomic E-state index is 0.442. The highest BCUT2D eigenvalue weighted by Crippen LogP contribution is 2.23. The van der Waals surface area contributed by atoms with E-state index in [0.717, 1.165) is 11.1 Å². The van der Waals surface area contributed by atoms with Crippen LogP contribution in [0.2, 0.25) is 0 Å². The van der Waals surface area contributed by atoms with Crippen LogP contribution in [0.15, 0.2) is 28.7 Å². The van der Waals surface area contributed by atoms with Gasteiger partial charge in [0, 0.05) is 39.3 Å². The number of para-hydroxylation sites is 2. The third kappa shape index (κ3) is 3.06. The molecular weight excluding hydrogens is 316 g/mol. The van der Waals surface area contributed by atoms with E-state index in [1.807, 2.05) is 43.0 Å². The summed E-state index contributed by atoms with van der Waals surface area (Å²) in [5.41, 5.74) is 1.57. The molecule has 0 N–H and O–H groups in total. The van der Waals surface area contributed by atoms with Crippen molar-refractivity contribution in [1.82, 2.24) is 13.6 Å². The molecule has 126 valence electrons. The van der Waals surface area contributed by atoms with E-state index in [4.69, 9.17) is 4.42 Å². The summed E-state index contributed by atoms with van der Waals surface area (Å²) in [6.07, 6.45) is 0. The maximum absolute atomic E-state index is 12.5. The molecule has 0 unspecified atom stereocenters. The first kappa shape index (κ1) is 16.2. The molecule has 7 nitrogen and oxygen atoms in total. The maximum Gasteiger partial charge on any atom is 0.298 e. The summed E-state index contributed by atoms with van der Waals surface area (Å²) in [6.45, 7) is 6.73. The van der Waals surface area contributed by atoms with Crippen LogP contribution in [0, 0.1) is 0 Å². The maximum atomic E-state index is 12.5. The summed E-state index contributed by atoms with van der Waals surface area (Å²) >= 11 is 0. The second kappa shape index (κ2) is 6.46. The number of rotatable bonds is 5. The van der Waals surface area contributed by atoms with Crippen LogP contribution in [-0.2, 0) is 10.2 Å². The fourth-order valence-electron chi connectivity index (χ4n) is 2.82. The summed E-state index contributed by atoms with van der Waals surface area (Å²) in [5.74, 6) is 0. The molecule has 0 atom stereocenters. The van der Waals surface area contributed by atoms with Crippen LogP contribution < -0.4 is 4.90 Å². The molecule has 1 saturated heterocycles. The number of anilines is 1. The Kier molecular flexibility index (Phi) is 4.56. The summed E-state index contributed by atoms with van der Waals surface area (Å²) in [7, 11) is -3.37. The van der Waals surface area contributed by atoms with Crippen molar-refractivity contribution in [1.29, 1.82) is 0 Å². The van der Waals surface area contributed by atoms with Gasteiger partial charge in [-0.1, -0.05) is 26.0 Å². The Hall–Kier alpha value is -1.64. The van der Waals surface area contributed by atoms with Gasteiger partial charge in [-0.3, -0.25) is 0 Å². The molecule has 2 heterocycles. The number of oxazole rings is 1. The van der Waals surface area contributed by atoms with E-state index >= 15 is 0 Å². The smallest absolute Gasteiger partial charge is 0.298 e. The topological polar surface area (TPSA) is 69.9 Å². The van der Waals surface area contributed by atoms with Gasteiger partial charge in [-0.05, 0) is 12.1 Å². The van der Waals surface area contributed by atoms with Crippen molar-refractivity contribution in [2.24, 2.45) is 0 Å². The number of piperazine rings is 1. The highest BCUT2D eigenvalue weighted by Gasteiger charge is 2.31. The van der Waals surface area contributed by atoms with Crippen molar-refractivity contribution < 1.29 is 12.8 Å². The molecule has 0 saturated carbocycles. The van der Waals surface area contributed by atoms with Gasteiger partial charge in [0.15, 0.2) is 5.58 Å². The van der Waals surface area contributed by atoms with Crippen LogP contribution in [0.25, 0.3) is 11.1 Å². The molecule has 3 rings (SSSR count). The SMILES string of the molecule is CCN(CC)S(=O)(=O)N1CCN(c2nc3ccccc3o2)CC1. The first-order valence-corrected chi connectivity index (χ1v) is 9.31. The minimum atomic E-state index is -3.37. The average Bonchev–Trinajstić information content (AvgIpc) is 3.00. The molecule has 1 aliphatic rings. The van der Waals surface area contributed by atoms with Gasteiger partial charge >= 0.3 is 0 Å². The Morgan fingerprint density at radius 2 is 1.78 bits per heavy atom. The zero-order valence-corrected chi connectivity index (χ0v) is 14.3. The molecule has 0 bridgehead atoms. The fourth-order valence-corrected chi connectivity index (χ4v) is 4.42. The highest BCUT2D eigenvalue weighted by atomic mass is 32.2. The Bertz CT molecular complexity index is 729. The number of nitrogens with zero attached hydrogens (tertiary/aromatic N) is 4. The van der Waals surface area contributed by atoms with E-state index in [-0.39, 0.29) is 0 Å².